The van der Waals surface area contributed by atoms with Crippen LogP contribution in [0.4, 0.5) is 13.2 Å². The fourth-order valence-corrected chi connectivity index (χ4v) is 3.87. The number of hydrogen-bond acceptors (Lipinski definition) is 3. The van der Waals surface area contributed by atoms with Crippen LogP contribution in [-0.2, 0) is 4.79 Å². The average molecular weight is 376 g/mol. The lowest BCUT2D eigenvalue weighted by molar-refractivity contribution is -0.149. The van der Waals surface area contributed by atoms with Crippen LogP contribution in [0, 0.1) is 0 Å². The van der Waals surface area contributed by atoms with Gasteiger partial charge in [-0.3, -0.25) is 4.79 Å². The lowest BCUT2D eigenvalue weighted by atomic mass is 9.87. The summed E-state index contributed by atoms with van der Waals surface area (Å²) in [4.78, 5) is 25.4. The molecule has 4 rings (SSSR count). The summed E-state index contributed by atoms with van der Waals surface area (Å²) < 4.78 is 37.0. The summed E-state index contributed by atoms with van der Waals surface area (Å²) in [5.74, 6) is -0.168. The topological polar surface area (TPSA) is 61.9 Å². The highest BCUT2D eigenvalue weighted by atomic mass is 19.4. The quantitative estimate of drug-likeness (QED) is 0.747. The molecule has 1 fully saturated rings. The Morgan fingerprint density at radius 2 is 2.00 bits per heavy atom. The number of rotatable bonds is 3. The number of fused-ring (bicyclic) bond motifs is 3. The molecule has 4 heterocycles. The summed E-state index contributed by atoms with van der Waals surface area (Å²) in [6.07, 6.45) is 1.02. The predicted molar refractivity (Wildman–Crippen MR) is 95.2 cm³/mol. The molecule has 27 heavy (non-hydrogen) atoms. The predicted octanol–water partition coefficient (Wildman–Crippen LogP) is 4.16. The van der Waals surface area contributed by atoms with Crippen molar-refractivity contribution in [1.82, 2.24) is 19.9 Å². The van der Waals surface area contributed by atoms with Crippen molar-refractivity contribution in [2.75, 3.05) is 13.1 Å². The van der Waals surface area contributed by atoms with Crippen molar-refractivity contribution in [2.24, 2.45) is 0 Å². The summed E-state index contributed by atoms with van der Waals surface area (Å²) in [5, 5.41) is 2.07. The van der Waals surface area contributed by atoms with Crippen molar-refractivity contribution >= 4 is 27.8 Å². The number of aromatic amines is 1. The standard InChI is InChI=1S/C19H19F3N4O/c20-19(21,22)6-1-16(27)26-9-4-12(5-10-26)13-2-7-23-15-11-25-18-14(17(13)15)3-8-24-18/h2-3,7-8,11-12,23H,1,4-6,9-10H2. The molecule has 142 valence electrons. The fourth-order valence-electron chi connectivity index (χ4n) is 3.87. The van der Waals surface area contributed by atoms with Crippen LogP contribution in [0.3, 0.4) is 0 Å². The molecule has 3 aromatic rings. The lowest BCUT2D eigenvalue weighted by Gasteiger charge is -2.33. The Labute approximate surface area is 153 Å². The van der Waals surface area contributed by atoms with E-state index in [0.29, 0.717) is 18.7 Å². The molecule has 1 N–H and O–H groups in total. The van der Waals surface area contributed by atoms with Crippen LogP contribution in [0.1, 0.15) is 37.2 Å². The number of halogens is 3. The van der Waals surface area contributed by atoms with Crippen molar-refractivity contribution in [3.63, 3.8) is 0 Å². The minimum Gasteiger partial charge on any atom is -0.360 e. The van der Waals surface area contributed by atoms with Crippen LogP contribution in [0.5, 0.6) is 0 Å². The number of carbonyl (C=O) groups excluding carboxylic acids is 1. The number of hydrogen-bond donors (Lipinski definition) is 1. The number of piperidine rings is 1. The van der Waals surface area contributed by atoms with Gasteiger partial charge in [-0.25, -0.2) is 9.97 Å². The molecule has 1 aliphatic heterocycles. The van der Waals surface area contributed by atoms with E-state index in [4.69, 9.17) is 0 Å². The number of carbonyl (C=O) groups is 1. The van der Waals surface area contributed by atoms with Crippen LogP contribution in [0.2, 0.25) is 0 Å². The van der Waals surface area contributed by atoms with Gasteiger partial charge in [-0.2, -0.15) is 13.2 Å². The highest BCUT2D eigenvalue weighted by Crippen LogP contribution is 2.35. The molecule has 0 atom stereocenters. The molecule has 1 saturated heterocycles. The second-order valence-corrected chi connectivity index (χ2v) is 6.93. The molecule has 0 aliphatic carbocycles. The van der Waals surface area contributed by atoms with Crippen molar-refractivity contribution in [3.8, 4) is 0 Å². The third-order valence-corrected chi connectivity index (χ3v) is 5.23. The zero-order chi connectivity index (χ0) is 19.0. The van der Waals surface area contributed by atoms with E-state index in [9.17, 15) is 18.0 Å². The third-order valence-electron chi connectivity index (χ3n) is 5.23. The molecular formula is C19H19F3N4O. The molecule has 1 aliphatic rings. The van der Waals surface area contributed by atoms with Gasteiger partial charge in [-0.15, -0.1) is 0 Å². The second-order valence-electron chi connectivity index (χ2n) is 6.93. The zero-order valence-corrected chi connectivity index (χ0v) is 14.6. The van der Waals surface area contributed by atoms with Gasteiger partial charge in [-0.1, -0.05) is 0 Å². The number of nitrogens with zero attached hydrogens (tertiary/aromatic N) is 3. The summed E-state index contributed by atoms with van der Waals surface area (Å²) in [7, 11) is 0. The van der Waals surface area contributed by atoms with E-state index in [-0.39, 0.29) is 5.92 Å². The van der Waals surface area contributed by atoms with Gasteiger partial charge in [0.1, 0.15) is 0 Å². The van der Waals surface area contributed by atoms with Gasteiger partial charge in [0.25, 0.3) is 0 Å². The molecule has 0 unspecified atom stereocenters. The third kappa shape index (κ3) is 3.61. The van der Waals surface area contributed by atoms with Crippen molar-refractivity contribution in [1.29, 1.82) is 0 Å². The number of likely N-dealkylation sites (tertiary alicyclic amines) is 1. The van der Waals surface area contributed by atoms with E-state index in [1.165, 1.54) is 5.56 Å². The number of alkyl halides is 3. The maximum absolute atomic E-state index is 12.3. The molecule has 1 amide bonds. The largest absolute Gasteiger partial charge is 0.389 e. The zero-order valence-electron chi connectivity index (χ0n) is 14.6. The molecular weight excluding hydrogens is 357 g/mol. The van der Waals surface area contributed by atoms with Gasteiger partial charge < -0.3 is 9.88 Å². The summed E-state index contributed by atoms with van der Waals surface area (Å²) in [6.45, 7) is 0.962. The maximum Gasteiger partial charge on any atom is 0.389 e. The number of pyridine rings is 2. The van der Waals surface area contributed by atoms with Gasteiger partial charge in [0.2, 0.25) is 5.91 Å². The van der Waals surface area contributed by atoms with Crippen molar-refractivity contribution in [2.45, 2.75) is 37.8 Å². The number of aromatic nitrogens is 3. The first-order valence-electron chi connectivity index (χ1n) is 8.97. The highest BCUT2D eigenvalue weighted by molar-refractivity contribution is 6.05. The molecule has 0 bridgehead atoms. The van der Waals surface area contributed by atoms with Gasteiger partial charge in [0.15, 0.2) is 5.65 Å². The molecule has 0 radical (unpaired) electrons. The van der Waals surface area contributed by atoms with E-state index in [1.807, 2.05) is 18.3 Å². The average Bonchev–Trinajstić information content (AvgIpc) is 3.14. The smallest absolute Gasteiger partial charge is 0.360 e. The Balaban J connectivity index is 1.52. The highest BCUT2D eigenvalue weighted by Gasteiger charge is 2.31. The molecule has 8 heteroatoms. The second kappa shape index (κ2) is 6.83. The van der Waals surface area contributed by atoms with E-state index < -0.39 is 24.9 Å². The van der Waals surface area contributed by atoms with Crippen molar-refractivity contribution < 1.29 is 18.0 Å². The maximum atomic E-state index is 12.3. The normalized spacial score (nSPS) is 16.3. The van der Waals surface area contributed by atoms with Crippen LogP contribution >= 0.6 is 0 Å². The molecule has 0 aromatic carbocycles. The number of H-pyrrole nitrogens is 1. The van der Waals surface area contributed by atoms with Crippen molar-refractivity contribution in [3.05, 3.63) is 36.3 Å². The Bertz CT molecular complexity index is 974. The number of nitrogens with one attached hydrogen (secondary N) is 1. The Kier molecular flexibility index (Phi) is 4.49. The molecule has 3 aromatic heterocycles. The Morgan fingerprint density at radius 1 is 1.22 bits per heavy atom. The van der Waals surface area contributed by atoms with Crippen LogP contribution in [-0.4, -0.2) is 45.0 Å². The van der Waals surface area contributed by atoms with E-state index in [0.717, 1.165) is 29.1 Å². The number of amides is 1. The Morgan fingerprint density at radius 3 is 2.74 bits per heavy atom. The first kappa shape index (κ1) is 17.8. The molecule has 5 nitrogen and oxygen atoms in total. The first-order valence-corrected chi connectivity index (χ1v) is 8.97. The van der Waals surface area contributed by atoms with Gasteiger partial charge in [0, 0.05) is 42.7 Å². The summed E-state index contributed by atoms with van der Waals surface area (Å²) in [6, 6.07) is 3.98. The monoisotopic (exact) mass is 376 g/mol. The van der Waals surface area contributed by atoms with E-state index >= 15 is 0 Å². The van der Waals surface area contributed by atoms with Gasteiger partial charge in [-0.05, 0) is 36.5 Å². The van der Waals surface area contributed by atoms with Crippen LogP contribution < -0.4 is 0 Å². The molecule has 0 spiro atoms. The molecule has 0 saturated carbocycles. The van der Waals surface area contributed by atoms with Gasteiger partial charge >= 0.3 is 6.18 Å². The summed E-state index contributed by atoms with van der Waals surface area (Å²) in [5.41, 5.74) is 2.80. The van der Waals surface area contributed by atoms with Crippen LogP contribution in [0.25, 0.3) is 21.9 Å². The minimum absolute atomic E-state index is 0.245. The fraction of sp³-hybridized carbons (Fsp3) is 0.421. The first-order chi connectivity index (χ1) is 12.9. The summed E-state index contributed by atoms with van der Waals surface area (Å²) >= 11 is 0. The minimum atomic E-state index is -4.29. The van der Waals surface area contributed by atoms with E-state index in [2.05, 4.69) is 15.0 Å². The SMILES string of the molecule is O=C(CCC(F)(F)F)N1CCC(c2cc[nH]c3cnc4nccc4c23)CC1. The van der Waals surface area contributed by atoms with E-state index in [1.54, 1.807) is 17.3 Å². The van der Waals surface area contributed by atoms with Crippen LogP contribution in [0.15, 0.2) is 30.7 Å². The lowest BCUT2D eigenvalue weighted by Crippen LogP contribution is -2.38. The Hall–Kier alpha value is -2.64. The van der Waals surface area contributed by atoms with Gasteiger partial charge in [0.05, 0.1) is 18.1 Å².